The second kappa shape index (κ2) is 7.66. The van der Waals surface area contributed by atoms with E-state index in [2.05, 4.69) is 0 Å². The Balaban J connectivity index is 3.02. The van der Waals surface area contributed by atoms with E-state index in [0.29, 0.717) is 31.4 Å². The normalized spacial score (nSPS) is 11.2. The molecule has 0 aromatic carbocycles. The van der Waals surface area contributed by atoms with Gasteiger partial charge in [0.1, 0.15) is 0 Å². The summed E-state index contributed by atoms with van der Waals surface area (Å²) in [5.74, 6) is 0.883. The Labute approximate surface area is 125 Å². The van der Waals surface area contributed by atoms with Gasteiger partial charge in [-0.1, -0.05) is 0 Å². The van der Waals surface area contributed by atoms with Crippen LogP contribution >= 0.6 is 23.2 Å². The molecular formula is C11H18Cl2N4O3. The zero-order valence-electron chi connectivity index (χ0n) is 11.5. The number of halogens is 2. The molecule has 0 saturated carbocycles. The summed E-state index contributed by atoms with van der Waals surface area (Å²) >= 11 is 11.4. The molecule has 0 atom stereocenters. The van der Waals surface area contributed by atoms with Gasteiger partial charge in [0.05, 0.1) is 0 Å². The van der Waals surface area contributed by atoms with E-state index in [-0.39, 0.29) is 6.54 Å². The molecule has 0 fully saturated rings. The van der Waals surface area contributed by atoms with E-state index in [1.165, 1.54) is 14.1 Å². The van der Waals surface area contributed by atoms with Crippen LogP contribution in [0.25, 0.3) is 0 Å². The molecule has 1 aromatic rings. The molecule has 1 aromatic heterocycles. The van der Waals surface area contributed by atoms with Gasteiger partial charge in [0.2, 0.25) is 0 Å². The summed E-state index contributed by atoms with van der Waals surface area (Å²) in [6.07, 6.45) is 0. The summed E-state index contributed by atoms with van der Waals surface area (Å²) in [5.41, 5.74) is -1.86. The molecule has 9 heteroatoms. The van der Waals surface area contributed by atoms with Crippen LogP contribution in [0.2, 0.25) is 0 Å². The van der Waals surface area contributed by atoms with Crippen LogP contribution in [0.4, 0.5) is 0 Å². The van der Waals surface area contributed by atoms with E-state index in [0.717, 1.165) is 13.7 Å². The Bertz CT molecular complexity index is 573. The van der Waals surface area contributed by atoms with Crippen LogP contribution < -0.4 is 17.1 Å². The number of hydrogen-bond acceptors (Lipinski definition) is 4. The van der Waals surface area contributed by atoms with Crippen molar-refractivity contribution in [3.63, 3.8) is 0 Å². The molecule has 0 bridgehead atoms. The van der Waals surface area contributed by atoms with Crippen molar-refractivity contribution in [2.75, 3.05) is 31.4 Å². The maximum Gasteiger partial charge on any atom is 0.336 e. The minimum atomic E-state index is -0.630. The van der Waals surface area contributed by atoms with Gasteiger partial charge in [0.25, 0.3) is 0 Å². The fourth-order valence-corrected chi connectivity index (χ4v) is 2.32. The highest BCUT2D eigenvalue weighted by Crippen LogP contribution is 1.92. The van der Waals surface area contributed by atoms with Crippen molar-refractivity contribution in [3.8, 4) is 0 Å². The van der Waals surface area contributed by atoms with Crippen molar-refractivity contribution in [1.82, 2.24) is 18.6 Å². The van der Waals surface area contributed by atoms with Gasteiger partial charge in [-0.15, -0.1) is 23.2 Å². The molecular weight excluding hydrogens is 307 g/mol. The molecule has 0 amide bonds. The van der Waals surface area contributed by atoms with Gasteiger partial charge in [0, 0.05) is 52.0 Å². The van der Waals surface area contributed by atoms with Crippen molar-refractivity contribution in [3.05, 3.63) is 31.5 Å². The first-order valence-electron chi connectivity index (χ1n) is 6.15. The topological polar surface area (TPSA) is 69.2 Å². The molecule has 1 heterocycles. The van der Waals surface area contributed by atoms with Crippen LogP contribution in [0.1, 0.15) is 0 Å². The minimum Gasteiger partial charge on any atom is -0.299 e. The predicted octanol–water partition coefficient (Wildman–Crippen LogP) is -0.975. The molecule has 114 valence electrons. The number of aromatic nitrogens is 3. The molecule has 1 rings (SSSR count). The van der Waals surface area contributed by atoms with Gasteiger partial charge >= 0.3 is 17.1 Å². The Morgan fingerprint density at radius 1 is 0.850 bits per heavy atom. The molecule has 0 radical (unpaired) electrons. The summed E-state index contributed by atoms with van der Waals surface area (Å²) in [6.45, 7) is 1.89. The SMILES string of the molecule is Cn1c(=O)n(C)c(=O)n(CCN(CCCl)CCCl)c1=O. The van der Waals surface area contributed by atoms with Crippen molar-refractivity contribution < 1.29 is 0 Å². The van der Waals surface area contributed by atoms with E-state index in [1.807, 2.05) is 4.90 Å². The largest absolute Gasteiger partial charge is 0.336 e. The van der Waals surface area contributed by atoms with Gasteiger partial charge in [-0.2, -0.15) is 0 Å². The quantitative estimate of drug-likeness (QED) is 0.605. The van der Waals surface area contributed by atoms with Crippen molar-refractivity contribution in [2.45, 2.75) is 6.54 Å². The summed E-state index contributed by atoms with van der Waals surface area (Å²) in [4.78, 5) is 37.4. The molecule has 0 spiro atoms. The first-order chi connectivity index (χ1) is 9.43. The van der Waals surface area contributed by atoms with Crippen LogP contribution in [0.15, 0.2) is 14.4 Å². The van der Waals surface area contributed by atoms with Crippen LogP contribution in [0.3, 0.4) is 0 Å². The van der Waals surface area contributed by atoms with Gasteiger partial charge in [0.15, 0.2) is 0 Å². The molecule has 0 aliphatic rings. The van der Waals surface area contributed by atoms with Gasteiger partial charge < -0.3 is 0 Å². The van der Waals surface area contributed by atoms with Gasteiger partial charge in [-0.05, 0) is 0 Å². The Hall–Kier alpha value is -1.05. The molecule has 20 heavy (non-hydrogen) atoms. The minimum absolute atomic E-state index is 0.188. The molecule has 0 N–H and O–H groups in total. The van der Waals surface area contributed by atoms with Crippen molar-refractivity contribution >= 4 is 23.2 Å². The van der Waals surface area contributed by atoms with Crippen LogP contribution in [-0.2, 0) is 20.6 Å². The fraction of sp³-hybridized carbons (Fsp3) is 0.727. The highest BCUT2D eigenvalue weighted by molar-refractivity contribution is 6.18. The van der Waals surface area contributed by atoms with Crippen molar-refractivity contribution in [1.29, 1.82) is 0 Å². The number of hydrogen-bond donors (Lipinski definition) is 0. The van der Waals surface area contributed by atoms with E-state index in [9.17, 15) is 14.4 Å². The summed E-state index contributed by atoms with van der Waals surface area (Å²) in [7, 11) is 2.69. The maximum absolute atomic E-state index is 11.9. The molecule has 0 saturated heterocycles. The van der Waals surface area contributed by atoms with Gasteiger partial charge in [-0.25, -0.2) is 28.1 Å². The van der Waals surface area contributed by atoms with E-state index in [1.54, 1.807) is 0 Å². The number of rotatable bonds is 7. The standard InChI is InChI=1S/C11H18Cl2N4O3/c1-14-9(18)15(2)11(20)17(10(14)19)8-7-16(5-3-12)6-4-13/h3-8H2,1-2H3. The lowest BCUT2D eigenvalue weighted by atomic mass is 10.4. The van der Waals surface area contributed by atoms with E-state index >= 15 is 0 Å². The number of nitrogens with zero attached hydrogens (tertiary/aromatic N) is 4. The van der Waals surface area contributed by atoms with Gasteiger partial charge in [-0.3, -0.25) is 4.90 Å². The maximum atomic E-state index is 11.9. The Morgan fingerprint density at radius 3 is 1.70 bits per heavy atom. The third kappa shape index (κ3) is 3.74. The Morgan fingerprint density at radius 2 is 1.30 bits per heavy atom. The van der Waals surface area contributed by atoms with Crippen LogP contribution in [0.5, 0.6) is 0 Å². The highest BCUT2D eigenvalue weighted by Gasteiger charge is 2.11. The molecule has 0 aliphatic carbocycles. The first-order valence-corrected chi connectivity index (χ1v) is 7.22. The van der Waals surface area contributed by atoms with Crippen molar-refractivity contribution in [2.24, 2.45) is 14.1 Å². The average molecular weight is 325 g/mol. The second-order valence-corrected chi connectivity index (χ2v) is 5.09. The summed E-state index contributed by atoms with van der Waals surface area (Å²) < 4.78 is 2.86. The van der Waals surface area contributed by atoms with E-state index < -0.39 is 17.1 Å². The molecule has 0 aliphatic heterocycles. The lowest BCUT2D eigenvalue weighted by Crippen LogP contribution is -2.53. The number of alkyl halides is 2. The molecule has 0 unspecified atom stereocenters. The fourth-order valence-electron chi connectivity index (χ4n) is 1.84. The highest BCUT2D eigenvalue weighted by atomic mass is 35.5. The molecule has 7 nitrogen and oxygen atoms in total. The van der Waals surface area contributed by atoms with E-state index in [4.69, 9.17) is 23.2 Å². The lowest BCUT2D eigenvalue weighted by Gasteiger charge is -2.20. The smallest absolute Gasteiger partial charge is 0.299 e. The monoisotopic (exact) mass is 324 g/mol. The van der Waals surface area contributed by atoms with Crippen LogP contribution in [0, 0.1) is 0 Å². The zero-order chi connectivity index (χ0) is 15.3. The summed E-state index contributed by atoms with van der Waals surface area (Å²) in [6, 6.07) is 0. The Kier molecular flexibility index (Phi) is 6.51. The third-order valence-electron chi connectivity index (χ3n) is 3.05. The summed E-state index contributed by atoms with van der Waals surface area (Å²) in [5, 5.41) is 0. The first kappa shape index (κ1) is 17.0. The third-order valence-corrected chi connectivity index (χ3v) is 3.39. The zero-order valence-corrected chi connectivity index (χ0v) is 13.0. The average Bonchev–Trinajstić information content (AvgIpc) is 2.43. The second-order valence-electron chi connectivity index (χ2n) is 4.34. The lowest BCUT2D eigenvalue weighted by molar-refractivity contribution is 0.285. The van der Waals surface area contributed by atoms with Crippen LogP contribution in [-0.4, -0.2) is 50.0 Å². The predicted molar refractivity (Wildman–Crippen MR) is 79.1 cm³/mol.